The topological polar surface area (TPSA) is 119 Å². The molecule has 3 aromatic carbocycles. The minimum absolute atomic E-state index is 0.0323. The van der Waals surface area contributed by atoms with Gasteiger partial charge in [0.15, 0.2) is 11.0 Å². The zero-order valence-corrected chi connectivity index (χ0v) is 20.4. The Morgan fingerprint density at radius 1 is 1.06 bits per heavy atom. The summed E-state index contributed by atoms with van der Waals surface area (Å²) < 4.78 is 7.14. The van der Waals surface area contributed by atoms with Crippen molar-refractivity contribution in [3.63, 3.8) is 0 Å². The lowest BCUT2D eigenvalue weighted by molar-refractivity contribution is -0.118. The van der Waals surface area contributed by atoms with Crippen molar-refractivity contribution in [2.75, 3.05) is 12.9 Å². The van der Waals surface area contributed by atoms with E-state index in [1.165, 1.54) is 24.0 Å². The number of carbonyl (C=O) groups excluding carboxylic acids is 1. The number of thioether (sulfide) groups is 1. The minimum Gasteiger partial charge on any atom is -0.497 e. The van der Waals surface area contributed by atoms with Gasteiger partial charge in [-0.15, -0.1) is 10.2 Å². The molecule has 4 aromatic rings. The SMILES string of the molecule is COc1ccc(-c2nnc(SCC(=O)N/N=C/c3ccccc3C(=O)O)n2-c2ccc(C)cc2)cc1. The Hall–Kier alpha value is -4.44. The van der Waals surface area contributed by atoms with Crippen molar-refractivity contribution in [1.82, 2.24) is 20.2 Å². The first-order valence-electron chi connectivity index (χ1n) is 10.9. The fourth-order valence-electron chi connectivity index (χ4n) is 3.36. The fourth-order valence-corrected chi connectivity index (χ4v) is 4.10. The number of benzene rings is 3. The molecule has 1 amide bonds. The van der Waals surface area contributed by atoms with Gasteiger partial charge in [0.1, 0.15) is 5.75 Å². The van der Waals surface area contributed by atoms with Gasteiger partial charge >= 0.3 is 5.97 Å². The fraction of sp³-hybridized carbons (Fsp3) is 0.115. The molecular weight excluding hydrogens is 478 g/mol. The first-order chi connectivity index (χ1) is 17.5. The summed E-state index contributed by atoms with van der Waals surface area (Å²) >= 11 is 1.22. The van der Waals surface area contributed by atoms with E-state index in [2.05, 4.69) is 20.7 Å². The number of methoxy groups -OCH3 is 1. The number of carboxylic acid groups (broad SMARTS) is 1. The molecule has 0 saturated heterocycles. The smallest absolute Gasteiger partial charge is 0.336 e. The van der Waals surface area contributed by atoms with Crippen LogP contribution < -0.4 is 10.2 Å². The van der Waals surface area contributed by atoms with E-state index < -0.39 is 5.97 Å². The van der Waals surface area contributed by atoms with Crippen LogP contribution in [0, 0.1) is 6.92 Å². The van der Waals surface area contributed by atoms with Gasteiger partial charge in [-0.25, -0.2) is 10.2 Å². The van der Waals surface area contributed by atoms with Crippen LogP contribution in [-0.4, -0.2) is 50.8 Å². The summed E-state index contributed by atoms with van der Waals surface area (Å²) in [4.78, 5) is 23.7. The highest BCUT2D eigenvalue weighted by Gasteiger charge is 2.17. The van der Waals surface area contributed by atoms with Gasteiger partial charge in [0.05, 0.1) is 24.6 Å². The van der Waals surface area contributed by atoms with Crippen LogP contribution in [0.5, 0.6) is 5.75 Å². The lowest BCUT2D eigenvalue weighted by Crippen LogP contribution is -2.20. The second-order valence-electron chi connectivity index (χ2n) is 7.68. The van der Waals surface area contributed by atoms with Gasteiger partial charge in [0.2, 0.25) is 0 Å². The molecule has 0 aliphatic carbocycles. The zero-order valence-electron chi connectivity index (χ0n) is 19.6. The third-order valence-electron chi connectivity index (χ3n) is 5.19. The predicted molar refractivity (Wildman–Crippen MR) is 138 cm³/mol. The first kappa shape index (κ1) is 24.7. The second-order valence-corrected chi connectivity index (χ2v) is 8.62. The van der Waals surface area contributed by atoms with Crippen LogP contribution >= 0.6 is 11.8 Å². The molecule has 0 radical (unpaired) electrons. The summed E-state index contributed by atoms with van der Waals surface area (Å²) in [7, 11) is 1.61. The van der Waals surface area contributed by atoms with Crippen LogP contribution in [0.2, 0.25) is 0 Å². The molecule has 0 fully saturated rings. The van der Waals surface area contributed by atoms with Crippen molar-refractivity contribution in [2.45, 2.75) is 12.1 Å². The minimum atomic E-state index is -1.07. The number of rotatable bonds is 9. The zero-order chi connectivity index (χ0) is 25.5. The highest BCUT2D eigenvalue weighted by molar-refractivity contribution is 7.99. The van der Waals surface area contributed by atoms with E-state index >= 15 is 0 Å². The van der Waals surface area contributed by atoms with E-state index in [0.717, 1.165) is 22.6 Å². The molecule has 1 heterocycles. The van der Waals surface area contributed by atoms with Crippen LogP contribution in [0.3, 0.4) is 0 Å². The Morgan fingerprint density at radius 3 is 2.47 bits per heavy atom. The summed E-state index contributed by atoms with van der Waals surface area (Å²) in [5.41, 5.74) is 5.75. The Balaban J connectivity index is 1.51. The van der Waals surface area contributed by atoms with Gasteiger partial charge in [-0.2, -0.15) is 5.10 Å². The number of aromatic carboxylic acids is 1. The van der Waals surface area contributed by atoms with Gasteiger partial charge in [-0.3, -0.25) is 9.36 Å². The van der Waals surface area contributed by atoms with Crippen molar-refractivity contribution in [3.05, 3.63) is 89.5 Å². The standard InChI is InChI=1S/C26H23N5O4S/c1-17-7-11-20(12-8-17)31-24(18-9-13-21(35-2)14-10-18)29-30-26(31)36-16-23(32)28-27-15-19-5-3-4-6-22(19)25(33)34/h3-15H,16H2,1-2H3,(H,28,32)(H,33,34)/b27-15+. The van der Waals surface area contributed by atoms with Crippen molar-refractivity contribution >= 4 is 29.9 Å². The van der Waals surface area contributed by atoms with E-state index in [4.69, 9.17) is 4.74 Å². The van der Waals surface area contributed by atoms with E-state index in [1.54, 1.807) is 25.3 Å². The largest absolute Gasteiger partial charge is 0.497 e. The van der Waals surface area contributed by atoms with Crippen LogP contribution in [0.4, 0.5) is 0 Å². The number of amides is 1. The number of nitrogens with zero attached hydrogens (tertiary/aromatic N) is 4. The number of carboxylic acids is 1. The highest BCUT2D eigenvalue weighted by atomic mass is 32.2. The van der Waals surface area contributed by atoms with Gasteiger partial charge in [0, 0.05) is 16.8 Å². The number of aryl methyl sites for hydroxylation is 1. The van der Waals surface area contributed by atoms with Gasteiger partial charge in [-0.05, 0) is 49.4 Å². The maximum absolute atomic E-state index is 12.4. The molecule has 36 heavy (non-hydrogen) atoms. The molecule has 0 atom stereocenters. The first-order valence-corrected chi connectivity index (χ1v) is 11.9. The normalized spacial score (nSPS) is 10.9. The van der Waals surface area contributed by atoms with E-state index in [0.29, 0.717) is 16.5 Å². The third kappa shape index (κ3) is 5.78. The van der Waals surface area contributed by atoms with E-state index in [-0.39, 0.29) is 17.2 Å². The monoisotopic (exact) mass is 501 g/mol. The van der Waals surface area contributed by atoms with Crippen LogP contribution in [0.1, 0.15) is 21.5 Å². The van der Waals surface area contributed by atoms with E-state index in [9.17, 15) is 14.7 Å². The molecule has 10 heteroatoms. The maximum atomic E-state index is 12.4. The quantitative estimate of drug-likeness (QED) is 0.200. The Labute approximate surface area is 211 Å². The second kappa shape index (κ2) is 11.3. The number of nitrogens with one attached hydrogen (secondary N) is 1. The number of hydrogen-bond acceptors (Lipinski definition) is 7. The number of hydrazone groups is 1. The van der Waals surface area contributed by atoms with Crippen molar-refractivity contribution in [3.8, 4) is 22.8 Å². The molecule has 0 bridgehead atoms. The average molecular weight is 502 g/mol. The number of ether oxygens (including phenoxy) is 1. The summed E-state index contributed by atoms with van der Waals surface area (Å²) in [6.07, 6.45) is 1.31. The Kier molecular flexibility index (Phi) is 7.76. The molecular formula is C26H23N5O4S. The van der Waals surface area contributed by atoms with Crippen molar-refractivity contribution < 1.29 is 19.4 Å². The summed E-state index contributed by atoms with van der Waals surface area (Å²) in [6.45, 7) is 2.01. The average Bonchev–Trinajstić information content (AvgIpc) is 3.32. The van der Waals surface area contributed by atoms with Crippen LogP contribution in [0.25, 0.3) is 17.1 Å². The Bertz CT molecular complexity index is 1400. The molecule has 0 unspecified atom stereocenters. The van der Waals surface area contributed by atoms with E-state index in [1.807, 2.05) is 60.0 Å². The molecule has 0 spiro atoms. The Morgan fingerprint density at radius 2 is 1.78 bits per heavy atom. The molecule has 0 aliphatic heterocycles. The number of carbonyl (C=O) groups is 2. The molecule has 4 rings (SSSR count). The highest BCUT2D eigenvalue weighted by Crippen LogP contribution is 2.29. The molecule has 1 aromatic heterocycles. The summed E-state index contributed by atoms with van der Waals surface area (Å²) in [5, 5.41) is 22.4. The maximum Gasteiger partial charge on any atom is 0.336 e. The molecule has 0 aliphatic rings. The number of hydrogen-bond donors (Lipinski definition) is 2. The third-order valence-corrected chi connectivity index (χ3v) is 6.12. The van der Waals surface area contributed by atoms with Crippen LogP contribution in [-0.2, 0) is 4.79 Å². The molecule has 2 N–H and O–H groups in total. The summed E-state index contributed by atoms with van der Waals surface area (Å²) in [6, 6.07) is 21.9. The summed E-state index contributed by atoms with van der Waals surface area (Å²) in [5.74, 6) is -0.0361. The van der Waals surface area contributed by atoms with Gasteiger partial charge < -0.3 is 9.84 Å². The molecule has 182 valence electrons. The van der Waals surface area contributed by atoms with Crippen molar-refractivity contribution in [1.29, 1.82) is 0 Å². The lowest BCUT2D eigenvalue weighted by Gasteiger charge is -2.11. The van der Waals surface area contributed by atoms with Gasteiger partial charge in [0.25, 0.3) is 5.91 Å². The molecule has 0 saturated carbocycles. The molecule has 9 nitrogen and oxygen atoms in total. The van der Waals surface area contributed by atoms with Gasteiger partial charge in [-0.1, -0.05) is 47.7 Å². The lowest BCUT2D eigenvalue weighted by atomic mass is 10.1. The van der Waals surface area contributed by atoms with Crippen molar-refractivity contribution in [2.24, 2.45) is 5.10 Å². The van der Waals surface area contributed by atoms with Crippen LogP contribution in [0.15, 0.2) is 83.1 Å². The number of aromatic nitrogens is 3. The predicted octanol–water partition coefficient (Wildman–Crippen LogP) is 4.19.